The molecule has 1 aliphatic rings. The molecule has 2 aromatic rings. The molecule has 7 nitrogen and oxygen atoms in total. The number of amides is 2. The van der Waals surface area contributed by atoms with Crippen molar-refractivity contribution in [1.82, 2.24) is 15.1 Å². The largest absolute Gasteiger partial charge is 0.435 e. The number of rotatable bonds is 7. The van der Waals surface area contributed by atoms with Crippen molar-refractivity contribution < 1.29 is 18.3 Å². The van der Waals surface area contributed by atoms with E-state index >= 15 is 0 Å². The van der Waals surface area contributed by atoms with Gasteiger partial charge >= 0.3 is 12.6 Å². The predicted octanol–water partition coefficient (Wildman–Crippen LogP) is 4.12. The number of guanidine groups is 1. The first-order valence-corrected chi connectivity index (χ1v) is 10.5. The van der Waals surface area contributed by atoms with Crippen LogP contribution in [0.25, 0.3) is 0 Å². The lowest BCUT2D eigenvalue weighted by molar-refractivity contribution is -0.0498. The van der Waals surface area contributed by atoms with Gasteiger partial charge in [0.05, 0.1) is 0 Å². The zero-order chi connectivity index (χ0) is 22.9. The van der Waals surface area contributed by atoms with E-state index in [2.05, 4.69) is 20.4 Å². The summed E-state index contributed by atoms with van der Waals surface area (Å²) in [5, 5.41) is 6.27. The van der Waals surface area contributed by atoms with E-state index in [9.17, 15) is 13.6 Å². The van der Waals surface area contributed by atoms with Crippen molar-refractivity contribution >= 4 is 17.7 Å². The first kappa shape index (κ1) is 23.3. The summed E-state index contributed by atoms with van der Waals surface area (Å²) >= 11 is 0. The number of urea groups is 1. The van der Waals surface area contributed by atoms with Gasteiger partial charge in [-0.3, -0.25) is 4.99 Å². The first-order valence-electron chi connectivity index (χ1n) is 10.5. The number of anilines is 1. The number of hydrogen-bond acceptors (Lipinski definition) is 3. The highest BCUT2D eigenvalue weighted by Crippen LogP contribution is 2.16. The molecule has 0 bridgehead atoms. The van der Waals surface area contributed by atoms with E-state index in [0.29, 0.717) is 19.0 Å². The fourth-order valence-corrected chi connectivity index (χ4v) is 3.57. The average Bonchev–Trinajstić information content (AvgIpc) is 3.31. The number of alkyl halides is 2. The molecule has 1 saturated heterocycles. The molecular formula is C23H29F2N5O2. The zero-order valence-corrected chi connectivity index (χ0v) is 18.4. The van der Waals surface area contributed by atoms with E-state index in [1.807, 2.05) is 41.1 Å². The molecule has 9 heteroatoms. The minimum atomic E-state index is -2.83. The molecule has 0 spiro atoms. The number of ether oxygens (including phenoxy) is 1. The first-order chi connectivity index (χ1) is 15.4. The van der Waals surface area contributed by atoms with Gasteiger partial charge in [-0.1, -0.05) is 24.3 Å². The van der Waals surface area contributed by atoms with Crippen LogP contribution >= 0.6 is 0 Å². The number of halogens is 2. The Morgan fingerprint density at radius 3 is 2.53 bits per heavy atom. The predicted molar refractivity (Wildman–Crippen MR) is 121 cm³/mol. The molecule has 1 aliphatic heterocycles. The van der Waals surface area contributed by atoms with E-state index in [4.69, 9.17) is 0 Å². The standard InChI is InChI=1S/C23H29F2N5O2/c1-26-22(29(2)16-17-8-10-20(11-9-17)32-21(24)25)27-15-18-6-5-7-19(14-18)28-23(31)30-12-3-4-13-30/h5-11,14,21H,3-4,12-13,15-16H2,1-2H3,(H,26,27)(H,28,31). The third kappa shape index (κ3) is 6.83. The number of aliphatic imine (C=N–C) groups is 1. The Balaban J connectivity index is 1.52. The third-order valence-corrected chi connectivity index (χ3v) is 5.16. The number of hydrogen-bond donors (Lipinski definition) is 2. The molecule has 32 heavy (non-hydrogen) atoms. The minimum Gasteiger partial charge on any atom is -0.435 e. The summed E-state index contributed by atoms with van der Waals surface area (Å²) in [5.41, 5.74) is 2.70. The second-order valence-electron chi connectivity index (χ2n) is 7.60. The number of nitrogens with zero attached hydrogens (tertiary/aromatic N) is 3. The molecule has 0 aliphatic carbocycles. The van der Waals surface area contributed by atoms with Crippen molar-refractivity contribution in [2.45, 2.75) is 32.5 Å². The molecule has 3 rings (SSSR count). The lowest BCUT2D eigenvalue weighted by atomic mass is 10.2. The van der Waals surface area contributed by atoms with E-state index < -0.39 is 6.61 Å². The summed E-state index contributed by atoms with van der Waals surface area (Å²) < 4.78 is 29.0. The Morgan fingerprint density at radius 1 is 1.16 bits per heavy atom. The molecule has 1 fully saturated rings. The summed E-state index contributed by atoms with van der Waals surface area (Å²) in [4.78, 5) is 20.4. The van der Waals surface area contributed by atoms with Crippen molar-refractivity contribution in [3.05, 3.63) is 59.7 Å². The monoisotopic (exact) mass is 445 g/mol. The second kappa shape index (κ2) is 11.3. The van der Waals surface area contributed by atoms with Crippen LogP contribution in [0.4, 0.5) is 19.3 Å². The van der Waals surface area contributed by atoms with Crippen LogP contribution in [-0.4, -0.2) is 55.6 Å². The van der Waals surface area contributed by atoms with E-state index in [0.717, 1.165) is 42.7 Å². The molecule has 0 aromatic heterocycles. The Morgan fingerprint density at radius 2 is 1.88 bits per heavy atom. The summed E-state index contributed by atoms with van der Waals surface area (Å²) in [5.74, 6) is 0.815. The van der Waals surface area contributed by atoms with E-state index in [-0.39, 0.29) is 11.8 Å². The molecular weight excluding hydrogens is 416 g/mol. The van der Waals surface area contributed by atoms with Gasteiger partial charge in [0, 0.05) is 46.0 Å². The number of benzene rings is 2. The van der Waals surface area contributed by atoms with Crippen molar-refractivity contribution in [2.24, 2.45) is 4.99 Å². The Bertz CT molecular complexity index is 915. The highest BCUT2D eigenvalue weighted by atomic mass is 19.3. The SMILES string of the molecule is CN=C(NCc1cccc(NC(=O)N2CCCC2)c1)N(C)Cc1ccc(OC(F)F)cc1. The highest BCUT2D eigenvalue weighted by Gasteiger charge is 2.17. The highest BCUT2D eigenvalue weighted by molar-refractivity contribution is 5.89. The summed E-state index contributed by atoms with van der Waals surface area (Å²) in [7, 11) is 3.59. The molecule has 0 atom stereocenters. The maximum Gasteiger partial charge on any atom is 0.387 e. The van der Waals surface area contributed by atoms with Gasteiger partial charge in [0.25, 0.3) is 0 Å². The molecule has 0 saturated carbocycles. The van der Waals surface area contributed by atoms with Gasteiger partial charge in [0.15, 0.2) is 5.96 Å². The van der Waals surface area contributed by atoms with Gasteiger partial charge in [0.1, 0.15) is 5.75 Å². The van der Waals surface area contributed by atoms with Crippen LogP contribution in [0.2, 0.25) is 0 Å². The van der Waals surface area contributed by atoms with Gasteiger partial charge in [-0.15, -0.1) is 0 Å². The van der Waals surface area contributed by atoms with Gasteiger partial charge in [-0.05, 0) is 48.2 Å². The molecule has 2 amide bonds. The molecule has 2 N–H and O–H groups in total. The Kier molecular flexibility index (Phi) is 8.24. The fourth-order valence-electron chi connectivity index (χ4n) is 3.57. The Labute approximate surface area is 187 Å². The van der Waals surface area contributed by atoms with Crippen molar-refractivity contribution in [2.75, 3.05) is 32.5 Å². The summed E-state index contributed by atoms with van der Waals surface area (Å²) in [6.07, 6.45) is 2.11. The normalized spacial score (nSPS) is 13.9. The van der Waals surface area contributed by atoms with Crippen molar-refractivity contribution in [1.29, 1.82) is 0 Å². The Hall–Kier alpha value is -3.36. The molecule has 0 unspecified atom stereocenters. The van der Waals surface area contributed by atoms with Gasteiger partial charge in [0.2, 0.25) is 0 Å². The quantitative estimate of drug-likeness (QED) is 0.497. The van der Waals surface area contributed by atoms with Gasteiger partial charge in [-0.25, -0.2) is 4.79 Å². The third-order valence-electron chi connectivity index (χ3n) is 5.16. The maximum atomic E-state index is 12.3. The van der Waals surface area contributed by atoms with Crippen molar-refractivity contribution in [3.63, 3.8) is 0 Å². The van der Waals surface area contributed by atoms with Crippen molar-refractivity contribution in [3.8, 4) is 5.75 Å². The van der Waals surface area contributed by atoms with Crippen LogP contribution in [0.15, 0.2) is 53.5 Å². The lowest BCUT2D eigenvalue weighted by Gasteiger charge is -2.22. The number of carbonyl (C=O) groups is 1. The fraction of sp³-hybridized carbons (Fsp3) is 0.391. The van der Waals surface area contributed by atoms with Crippen LogP contribution < -0.4 is 15.4 Å². The zero-order valence-electron chi connectivity index (χ0n) is 18.4. The number of nitrogens with one attached hydrogen (secondary N) is 2. The lowest BCUT2D eigenvalue weighted by Crippen LogP contribution is -2.38. The topological polar surface area (TPSA) is 69.2 Å². The van der Waals surface area contributed by atoms with Crippen LogP contribution in [0.3, 0.4) is 0 Å². The molecule has 172 valence electrons. The summed E-state index contributed by atoms with van der Waals surface area (Å²) in [6, 6.07) is 14.2. The van der Waals surface area contributed by atoms with Crippen LogP contribution in [0, 0.1) is 0 Å². The number of likely N-dealkylation sites (tertiary alicyclic amines) is 1. The van der Waals surface area contributed by atoms with Gasteiger partial charge < -0.3 is 25.2 Å². The maximum absolute atomic E-state index is 12.3. The van der Waals surface area contributed by atoms with E-state index in [1.165, 1.54) is 12.1 Å². The average molecular weight is 446 g/mol. The smallest absolute Gasteiger partial charge is 0.387 e. The van der Waals surface area contributed by atoms with Crippen LogP contribution in [0.5, 0.6) is 5.75 Å². The van der Waals surface area contributed by atoms with Crippen LogP contribution in [-0.2, 0) is 13.1 Å². The molecule has 0 radical (unpaired) electrons. The summed E-state index contributed by atoms with van der Waals surface area (Å²) in [6.45, 7) is -0.153. The second-order valence-corrected chi connectivity index (χ2v) is 7.60. The number of carbonyl (C=O) groups excluding carboxylic acids is 1. The minimum absolute atomic E-state index is 0.0619. The van der Waals surface area contributed by atoms with Crippen LogP contribution in [0.1, 0.15) is 24.0 Å². The van der Waals surface area contributed by atoms with Gasteiger partial charge in [-0.2, -0.15) is 8.78 Å². The van der Waals surface area contributed by atoms with E-state index in [1.54, 1.807) is 19.2 Å². The molecule has 1 heterocycles. The molecule has 2 aromatic carbocycles.